The molecule has 4 aliphatic rings. The second-order valence-corrected chi connectivity index (χ2v) is 15.3. The molecule has 0 radical (unpaired) electrons. The standard InChI is InChI=1S/C38H47NO18/c1-16-17(2)33(46)56-30-28(52-20(5)42)32(55-23(8)45)37(15-49-18(3)40)31(54-22(7)44)27(51-19(4)41)25-29(53-21(6)43)38(37,36(30,10)48)57-35(25,9)14-50-34(47)24-12-11-13-39-26(16)24/h11-13,16-17,25,27-32,48H,14-15H2,1-10H3/t16-,17+,25+,27+,28-,29+,30-,31+,32-,35-,36-,37+,38-/m0/s1. The summed E-state index contributed by atoms with van der Waals surface area (Å²) in [5.41, 5.74) is -10.1. The van der Waals surface area contributed by atoms with Crippen LogP contribution in [0, 0.1) is 17.3 Å². The smallest absolute Gasteiger partial charge is 0.340 e. The lowest BCUT2D eigenvalue weighted by atomic mass is 9.45. The van der Waals surface area contributed by atoms with E-state index < -0.39 is 138 Å². The third kappa shape index (κ3) is 6.97. The van der Waals surface area contributed by atoms with Crippen LogP contribution < -0.4 is 0 Å². The van der Waals surface area contributed by atoms with Crippen LogP contribution in [0.15, 0.2) is 18.3 Å². The van der Waals surface area contributed by atoms with E-state index in [0.717, 1.165) is 48.5 Å². The Balaban J connectivity index is 2.01. The van der Waals surface area contributed by atoms with Crippen molar-refractivity contribution < 1.29 is 86.1 Å². The molecule has 312 valence electrons. The Morgan fingerprint density at radius 3 is 1.84 bits per heavy atom. The fraction of sp³-hybridized carbons (Fsp3) is 0.658. The molecule has 4 bridgehead atoms. The Bertz CT molecular complexity index is 1860. The van der Waals surface area contributed by atoms with Gasteiger partial charge in [-0.05, 0) is 26.0 Å². The Labute approximate surface area is 327 Å². The first-order chi connectivity index (χ1) is 26.5. The number of ether oxygens (including phenoxy) is 9. The summed E-state index contributed by atoms with van der Waals surface area (Å²) >= 11 is 0. The quantitative estimate of drug-likeness (QED) is 0.298. The van der Waals surface area contributed by atoms with Crippen molar-refractivity contribution in [2.75, 3.05) is 13.2 Å². The number of hydrogen-bond acceptors (Lipinski definition) is 19. The third-order valence-electron chi connectivity index (χ3n) is 11.4. The average molecular weight is 806 g/mol. The van der Waals surface area contributed by atoms with Crippen molar-refractivity contribution in [1.29, 1.82) is 0 Å². The zero-order chi connectivity index (χ0) is 42.6. The van der Waals surface area contributed by atoms with Gasteiger partial charge in [-0.15, -0.1) is 0 Å². The Morgan fingerprint density at radius 2 is 1.30 bits per heavy atom. The predicted octanol–water partition coefficient (Wildman–Crippen LogP) is 1.03. The molecule has 0 amide bonds. The van der Waals surface area contributed by atoms with Crippen molar-refractivity contribution in [2.24, 2.45) is 17.3 Å². The molecule has 2 aliphatic carbocycles. The normalized spacial score (nSPS) is 38.2. The Kier molecular flexibility index (Phi) is 11.5. The number of hydrogen-bond donors (Lipinski definition) is 1. The minimum atomic E-state index is -2.82. The van der Waals surface area contributed by atoms with Crippen molar-refractivity contribution in [2.45, 2.75) is 129 Å². The molecule has 3 heterocycles. The molecule has 0 aromatic carbocycles. The summed E-state index contributed by atoms with van der Waals surface area (Å²) in [6, 6.07) is 2.89. The van der Waals surface area contributed by atoms with Crippen LogP contribution in [0.4, 0.5) is 0 Å². The van der Waals surface area contributed by atoms with Gasteiger partial charge in [0.1, 0.15) is 42.0 Å². The SMILES string of the molecule is CC(=O)OC[C@]12[C@H](OC(C)=O)[C@H](OC(C)=O)[C@@H]3[C@@H](OC(C)=O)[C@@]14O[C@@]3(C)COC(=O)c1cccnc1[C@@H](C)[C@@H](C)C(=O)O[C@@H]([C@H](OC(C)=O)[C@@H]2OC(C)=O)[C@]4(C)O. The maximum absolute atomic E-state index is 14.3. The number of carbonyl (C=O) groups excluding carboxylic acids is 8. The molecule has 19 heteroatoms. The van der Waals surface area contributed by atoms with E-state index >= 15 is 0 Å². The van der Waals surface area contributed by atoms with Crippen LogP contribution in [0.3, 0.4) is 0 Å². The van der Waals surface area contributed by atoms with E-state index in [1.165, 1.54) is 32.2 Å². The first-order valence-corrected chi connectivity index (χ1v) is 18.2. The van der Waals surface area contributed by atoms with E-state index in [4.69, 9.17) is 42.6 Å². The summed E-state index contributed by atoms with van der Waals surface area (Å²) in [6.45, 7) is 9.67. The number of fused-ring (bicyclic) bond motifs is 5. The van der Waals surface area contributed by atoms with Crippen LogP contribution in [0.5, 0.6) is 0 Å². The summed E-state index contributed by atoms with van der Waals surface area (Å²) in [7, 11) is 0. The van der Waals surface area contributed by atoms with Gasteiger partial charge in [0.15, 0.2) is 30.0 Å². The van der Waals surface area contributed by atoms with Crippen LogP contribution >= 0.6 is 0 Å². The highest BCUT2D eigenvalue weighted by Gasteiger charge is 2.92. The molecular formula is C38H47NO18. The van der Waals surface area contributed by atoms with Gasteiger partial charge in [-0.25, -0.2) is 4.79 Å². The molecule has 3 fully saturated rings. The minimum absolute atomic E-state index is 0.0422. The van der Waals surface area contributed by atoms with Crippen LogP contribution in [0.2, 0.25) is 0 Å². The van der Waals surface area contributed by atoms with Crippen LogP contribution in [0.1, 0.15) is 91.2 Å². The first-order valence-electron chi connectivity index (χ1n) is 18.2. The lowest BCUT2D eigenvalue weighted by molar-refractivity contribution is -0.387. The number of aromatic nitrogens is 1. The van der Waals surface area contributed by atoms with Gasteiger partial charge in [0.2, 0.25) is 0 Å². The van der Waals surface area contributed by atoms with Crippen molar-refractivity contribution in [3.8, 4) is 0 Å². The maximum Gasteiger partial charge on any atom is 0.340 e. The minimum Gasteiger partial charge on any atom is -0.465 e. The van der Waals surface area contributed by atoms with Crippen LogP contribution in [-0.2, 0) is 76.2 Å². The summed E-state index contributed by atoms with van der Waals surface area (Å²) in [5.74, 6) is -11.6. The molecule has 1 spiro atoms. The second-order valence-electron chi connectivity index (χ2n) is 15.3. The lowest BCUT2D eigenvalue weighted by Gasteiger charge is -2.67. The largest absolute Gasteiger partial charge is 0.465 e. The number of esters is 8. The lowest BCUT2D eigenvalue weighted by Crippen LogP contribution is -2.89. The molecule has 1 saturated heterocycles. The van der Waals surface area contributed by atoms with Gasteiger partial charge >= 0.3 is 47.8 Å². The molecule has 1 aromatic rings. The third-order valence-corrected chi connectivity index (χ3v) is 11.4. The molecule has 2 saturated carbocycles. The number of rotatable bonds is 7. The van der Waals surface area contributed by atoms with Gasteiger partial charge in [0.05, 0.1) is 23.1 Å². The molecule has 1 aromatic heterocycles. The van der Waals surface area contributed by atoms with Gasteiger partial charge in [-0.2, -0.15) is 0 Å². The van der Waals surface area contributed by atoms with Gasteiger partial charge < -0.3 is 47.7 Å². The zero-order valence-electron chi connectivity index (χ0n) is 33.2. The van der Waals surface area contributed by atoms with E-state index in [-0.39, 0.29) is 11.3 Å². The van der Waals surface area contributed by atoms with E-state index in [2.05, 4.69) is 4.98 Å². The molecule has 13 atom stereocenters. The van der Waals surface area contributed by atoms with Crippen molar-refractivity contribution >= 4 is 47.8 Å². The van der Waals surface area contributed by atoms with E-state index in [1.807, 2.05) is 0 Å². The Morgan fingerprint density at radius 1 is 0.772 bits per heavy atom. The van der Waals surface area contributed by atoms with Crippen LogP contribution in [0.25, 0.3) is 0 Å². The number of nitrogens with zero attached hydrogens (tertiary/aromatic N) is 1. The molecule has 5 rings (SSSR count). The van der Waals surface area contributed by atoms with Crippen molar-refractivity contribution in [3.05, 3.63) is 29.6 Å². The zero-order valence-corrected chi connectivity index (χ0v) is 33.2. The number of cyclic esters (lactones) is 1. The monoisotopic (exact) mass is 805 g/mol. The fourth-order valence-corrected chi connectivity index (χ4v) is 9.25. The highest BCUT2D eigenvalue weighted by atomic mass is 16.7. The van der Waals surface area contributed by atoms with Crippen molar-refractivity contribution in [3.63, 3.8) is 0 Å². The highest BCUT2D eigenvalue weighted by molar-refractivity contribution is 5.91. The molecule has 0 unspecified atom stereocenters. The summed E-state index contributed by atoms with van der Waals surface area (Å²) < 4.78 is 54.3. The van der Waals surface area contributed by atoms with E-state index in [0.29, 0.717) is 0 Å². The molecule has 1 N–H and O–H groups in total. The average Bonchev–Trinajstić information content (AvgIpc) is 3.32. The molecular weight excluding hydrogens is 758 g/mol. The highest BCUT2D eigenvalue weighted by Crippen LogP contribution is 2.70. The number of carbonyl (C=O) groups is 8. The van der Waals surface area contributed by atoms with Gasteiger partial charge in [0, 0.05) is 53.7 Å². The summed E-state index contributed by atoms with van der Waals surface area (Å²) in [6.07, 6.45) is -10.5. The van der Waals surface area contributed by atoms with E-state index in [1.54, 1.807) is 6.92 Å². The van der Waals surface area contributed by atoms with Gasteiger partial charge in [-0.1, -0.05) is 13.8 Å². The summed E-state index contributed by atoms with van der Waals surface area (Å²) in [4.78, 5) is 111. The first kappa shape index (κ1) is 43.0. The topological polar surface area (TPSA) is 253 Å². The fourth-order valence-electron chi connectivity index (χ4n) is 9.25. The number of aliphatic hydroxyl groups is 1. The van der Waals surface area contributed by atoms with Gasteiger partial charge in [-0.3, -0.25) is 38.5 Å². The number of pyridine rings is 1. The summed E-state index contributed by atoms with van der Waals surface area (Å²) in [5, 5.41) is 13.4. The second kappa shape index (κ2) is 15.3. The molecule has 19 nitrogen and oxygen atoms in total. The Hall–Kier alpha value is -5.17. The molecule has 2 aliphatic heterocycles. The molecule has 57 heavy (non-hydrogen) atoms. The van der Waals surface area contributed by atoms with Crippen molar-refractivity contribution in [1.82, 2.24) is 4.98 Å². The maximum atomic E-state index is 14.3. The predicted molar refractivity (Wildman–Crippen MR) is 185 cm³/mol. The van der Waals surface area contributed by atoms with Gasteiger partial charge in [0.25, 0.3) is 0 Å². The van der Waals surface area contributed by atoms with Crippen LogP contribution in [-0.4, -0.2) is 124 Å². The van der Waals surface area contributed by atoms with E-state index in [9.17, 15) is 43.5 Å².